The van der Waals surface area contributed by atoms with E-state index in [1.165, 1.54) is 22.3 Å². The maximum absolute atomic E-state index is 10.3. The van der Waals surface area contributed by atoms with Crippen molar-refractivity contribution in [1.29, 1.82) is 0 Å². The molecule has 1 aromatic heterocycles. The van der Waals surface area contributed by atoms with Gasteiger partial charge in [0.25, 0.3) is 0 Å². The molecule has 1 N–H and O–H groups in total. The summed E-state index contributed by atoms with van der Waals surface area (Å²) < 4.78 is 6.03. The second-order valence-corrected chi connectivity index (χ2v) is 9.87. The zero-order valence-corrected chi connectivity index (χ0v) is 18.8. The second kappa shape index (κ2) is 7.07. The van der Waals surface area contributed by atoms with E-state index >= 15 is 0 Å². The van der Waals surface area contributed by atoms with Crippen LogP contribution in [0.5, 0.6) is 0 Å². The summed E-state index contributed by atoms with van der Waals surface area (Å²) in [5.41, 5.74) is 7.00. The minimum absolute atomic E-state index is 0.0210. The molecule has 1 aliphatic rings. The van der Waals surface area contributed by atoms with Gasteiger partial charge in [0, 0.05) is 17.8 Å². The lowest BCUT2D eigenvalue weighted by Gasteiger charge is -2.37. The third-order valence-corrected chi connectivity index (χ3v) is 6.78. The molecule has 3 nitrogen and oxygen atoms in total. The van der Waals surface area contributed by atoms with E-state index in [4.69, 9.17) is 4.65 Å². The Balaban J connectivity index is 1.64. The van der Waals surface area contributed by atoms with Crippen molar-refractivity contribution in [2.75, 3.05) is 0 Å². The Morgan fingerprint density at radius 1 is 0.867 bits per heavy atom. The summed E-state index contributed by atoms with van der Waals surface area (Å²) >= 11 is 0. The lowest BCUT2D eigenvalue weighted by molar-refractivity contribution is -0.0893. The Hall–Kier alpha value is -2.43. The molecule has 0 saturated heterocycles. The van der Waals surface area contributed by atoms with E-state index < -0.39 is 11.2 Å². The number of pyridine rings is 1. The Bertz CT molecular complexity index is 1100. The van der Waals surface area contributed by atoms with Gasteiger partial charge in [-0.05, 0) is 72.6 Å². The molecule has 4 rings (SSSR count). The van der Waals surface area contributed by atoms with Crippen molar-refractivity contribution >= 4 is 12.9 Å². The van der Waals surface area contributed by atoms with E-state index in [1.807, 2.05) is 26.2 Å². The van der Waals surface area contributed by atoms with Crippen LogP contribution in [0, 0.1) is 0 Å². The molecule has 1 heterocycles. The molecule has 2 aromatic carbocycles. The number of nitrogens with zero attached hydrogens (tertiary/aromatic N) is 1. The van der Waals surface area contributed by atoms with Crippen molar-refractivity contribution in [2.45, 2.75) is 58.2 Å². The van der Waals surface area contributed by atoms with Crippen molar-refractivity contribution in [2.24, 2.45) is 0 Å². The van der Waals surface area contributed by atoms with Crippen LogP contribution in [0.15, 0.2) is 60.9 Å². The average molecular weight is 399 g/mol. The minimum Gasteiger partial charge on any atom is -0.427 e. The highest BCUT2D eigenvalue weighted by Gasteiger charge is 2.36. The van der Waals surface area contributed by atoms with Crippen molar-refractivity contribution in [3.63, 3.8) is 0 Å². The lowest BCUT2D eigenvalue weighted by Crippen LogP contribution is -2.49. The molecule has 0 unspecified atom stereocenters. The Kier molecular flexibility index (Phi) is 4.91. The monoisotopic (exact) mass is 399 g/mol. The molecule has 3 aromatic rings. The topological polar surface area (TPSA) is 42.4 Å². The molecule has 1 aliphatic carbocycles. The van der Waals surface area contributed by atoms with E-state index in [-0.39, 0.29) is 5.41 Å². The quantitative estimate of drug-likeness (QED) is 0.638. The van der Waals surface area contributed by atoms with Gasteiger partial charge in [-0.3, -0.25) is 4.98 Å². The Morgan fingerprint density at radius 2 is 1.57 bits per heavy atom. The zero-order valence-electron chi connectivity index (χ0n) is 18.8. The second-order valence-electron chi connectivity index (χ2n) is 9.87. The van der Waals surface area contributed by atoms with Gasteiger partial charge in [-0.2, -0.15) is 0 Å². The maximum atomic E-state index is 10.3. The number of benzene rings is 2. The van der Waals surface area contributed by atoms with Gasteiger partial charge in [-0.25, -0.2) is 0 Å². The van der Waals surface area contributed by atoms with Crippen LogP contribution in [0.4, 0.5) is 0 Å². The number of hydrogen-bond acceptors (Lipinski definition) is 3. The first kappa shape index (κ1) is 20.8. The summed E-state index contributed by atoms with van der Waals surface area (Å²) in [5.74, 6) is 0. The highest BCUT2D eigenvalue weighted by molar-refractivity contribution is 6.47. The van der Waals surface area contributed by atoms with Crippen LogP contribution in [0.25, 0.3) is 22.3 Å². The first-order valence-electron chi connectivity index (χ1n) is 10.6. The molecule has 4 heteroatoms. The van der Waals surface area contributed by atoms with Gasteiger partial charge in [-0.1, -0.05) is 56.3 Å². The van der Waals surface area contributed by atoms with Gasteiger partial charge < -0.3 is 9.76 Å². The molecule has 0 aliphatic heterocycles. The number of aromatic nitrogens is 1. The van der Waals surface area contributed by atoms with Gasteiger partial charge in [-0.15, -0.1) is 0 Å². The van der Waals surface area contributed by atoms with Crippen LogP contribution in [0.1, 0.15) is 52.7 Å². The van der Waals surface area contributed by atoms with Gasteiger partial charge in [0.15, 0.2) is 0 Å². The number of rotatable bonds is 5. The third kappa shape index (κ3) is 3.48. The molecular formula is C26H30BNO2. The minimum atomic E-state index is -0.932. The highest BCUT2D eigenvalue weighted by Crippen LogP contribution is 2.49. The van der Waals surface area contributed by atoms with Crippen LogP contribution in [-0.4, -0.2) is 28.8 Å². The molecule has 30 heavy (non-hydrogen) atoms. The smallest absolute Gasteiger partial charge is 0.311 e. The molecule has 0 bridgehead atoms. The van der Waals surface area contributed by atoms with Crippen LogP contribution < -0.4 is 5.46 Å². The van der Waals surface area contributed by atoms with Gasteiger partial charge >= 0.3 is 7.48 Å². The highest BCUT2D eigenvalue weighted by atomic mass is 16.5. The summed E-state index contributed by atoms with van der Waals surface area (Å²) in [6.45, 7) is 11.9. The summed E-state index contributed by atoms with van der Waals surface area (Å²) in [6, 6.07) is 17.5. The average Bonchev–Trinajstić information content (AvgIpc) is 2.93. The predicted octanol–water partition coefficient (Wildman–Crippen LogP) is 4.60. The first-order valence-corrected chi connectivity index (χ1v) is 10.6. The van der Waals surface area contributed by atoms with Crippen molar-refractivity contribution in [3.8, 4) is 22.3 Å². The fraction of sp³-hybridized carbons (Fsp3) is 0.346. The van der Waals surface area contributed by atoms with Crippen LogP contribution in [0.2, 0.25) is 0 Å². The van der Waals surface area contributed by atoms with E-state index in [0.29, 0.717) is 7.48 Å². The Labute approximate surface area is 180 Å². The van der Waals surface area contributed by atoms with Gasteiger partial charge in [0.05, 0.1) is 11.2 Å². The molecule has 0 amide bonds. The standard InChI is InChI=1S/C26H30BNO2/c1-24(2)22-10-8-7-9-20(22)21-12-11-17(14-23(21)24)18-13-19(16-28-15-18)27-30-26(5,6)25(3,4)29/h7-16,27,29H,1-6H3. The molecule has 0 radical (unpaired) electrons. The summed E-state index contributed by atoms with van der Waals surface area (Å²) in [5, 5.41) is 10.3. The summed E-state index contributed by atoms with van der Waals surface area (Å²) in [7, 11) is 0.402. The molecule has 0 spiro atoms. The fourth-order valence-electron chi connectivity index (χ4n) is 4.05. The van der Waals surface area contributed by atoms with Gasteiger partial charge in [0.1, 0.15) is 0 Å². The normalized spacial score (nSPS) is 14.9. The number of hydrogen-bond donors (Lipinski definition) is 1. The van der Waals surface area contributed by atoms with Crippen molar-refractivity contribution in [3.05, 3.63) is 72.1 Å². The fourth-order valence-corrected chi connectivity index (χ4v) is 4.05. The molecule has 154 valence electrons. The van der Waals surface area contributed by atoms with Gasteiger partial charge in [0.2, 0.25) is 0 Å². The van der Waals surface area contributed by atoms with Crippen LogP contribution in [-0.2, 0) is 10.1 Å². The lowest BCUT2D eigenvalue weighted by atomic mass is 9.81. The van der Waals surface area contributed by atoms with E-state index in [2.05, 4.69) is 67.4 Å². The summed E-state index contributed by atoms with van der Waals surface area (Å²) in [4.78, 5) is 4.45. The summed E-state index contributed by atoms with van der Waals surface area (Å²) in [6.07, 6.45) is 3.73. The molecule has 0 saturated carbocycles. The van der Waals surface area contributed by atoms with E-state index in [1.54, 1.807) is 13.8 Å². The van der Waals surface area contributed by atoms with Crippen LogP contribution in [0.3, 0.4) is 0 Å². The molecule has 0 atom stereocenters. The first-order chi connectivity index (χ1) is 14.0. The Morgan fingerprint density at radius 3 is 2.30 bits per heavy atom. The SMILES string of the molecule is CC1(C)c2ccccc2-c2ccc(-c3cncc(BOC(C)(C)C(C)(C)O)c3)cc21. The van der Waals surface area contributed by atoms with E-state index in [0.717, 1.165) is 16.6 Å². The number of aliphatic hydroxyl groups is 1. The largest absolute Gasteiger partial charge is 0.427 e. The maximum Gasteiger partial charge on any atom is 0.311 e. The van der Waals surface area contributed by atoms with Crippen molar-refractivity contribution in [1.82, 2.24) is 4.98 Å². The van der Waals surface area contributed by atoms with E-state index in [9.17, 15) is 5.11 Å². The number of fused-ring (bicyclic) bond motifs is 3. The van der Waals surface area contributed by atoms with Crippen LogP contribution >= 0.6 is 0 Å². The molecular weight excluding hydrogens is 369 g/mol. The predicted molar refractivity (Wildman–Crippen MR) is 125 cm³/mol. The molecule has 0 fully saturated rings. The third-order valence-electron chi connectivity index (χ3n) is 6.78. The van der Waals surface area contributed by atoms with Crippen molar-refractivity contribution < 1.29 is 9.76 Å². The zero-order chi connectivity index (χ0) is 21.7.